The highest BCUT2D eigenvalue weighted by molar-refractivity contribution is 4.85. The minimum Gasteiger partial charge on any atom is -0.306 e. The summed E-state index contributed by atoms with van der Waals surface area (Å²) < 4.78 is 157. The predicted octanol–water partition coefficient (Wildman–Crippen LogP) is 3.64. The zero-order valence-electron chi connectivity index (χ0n) is 16.5. The Morgan fingerprint density at radius 3 is 0.625 bits per heavy atom. The van der Waals surface area contributed by atoms with Crippen molar-refractivity contribution in [2.45, 2.75) is 74.6 Å². The minimum absolute atomic E-state index is 0.814. The summed E-state index contributed by atoms with van der Waals surface area (Å²) in [7, 11) is 0. The first-order valence-electron chi connectivity index (χ1n) is 9.62. The van der Waals surface area contributed by atoms with Gasteiger partial charge in [0.15, 0.2) is 0 Å². The zero-order valence-corrected chi connectivity index (χ0v) is 16.5. The molecule has 0 aromatic carbocycles. The molecule has 32 heavy (non-hydrogen) atoms. The van der Waals surface area contributed by atoms with Crippen LogP contribution in [0.2, 0.25) is 0 Å². The van der Waals surface area contributed by atoms with E-state index in [1.54, 1.807) is 0 Å². The van der Waals surface area contributed by atoms with Crippen LogP contribution in [0.25, 0.3) is 0 Å². The van der Waals surface area contributed by atoms with Crippen LogP contribution in [0.1, 0.15) is 25.7 Å². The number of alkyl halides is 12. The standard InChI is InChI=1S/C16H24F12N4/c17-13(18,19)9-1-5-29-10(14(20,21)22)3-7-31-12(16(26,27)28)4-8-32-11(2-6-30-9)15(23,24)25/h9-12,29-32H,1-8H2. The van der Waals surface area contributed by atoms with Gasteiger partial charge in [0.2, 0.25) is 0 Å². The van der Waals surface area contributed by atoms with Gasteiger partial charge >= 0.3 is 24.7 Å². The third-order valence-electron chi connectivity index (χ3n) is 4.88. The molecule has 4 nitrogen and oxygen atoms in total. The third kappa shape index (κ3) is 10.3. The first-order chi connectivity index (χ1) is 14.4. The SMILES string of the molecule is FC(F)(F)C1CCNC(C(F)(F)F)CCNC(C(F)(F)F)CCNC(C(F)(F)F)CCN1. The molecule has 1 aliphatic rings. The Kier molecular flexibility index (Phi) is 10.4. The summed E-state index contributed by atoms with van der Waals surface area (Å²) in [5.74, 6) is 0. The number of halogens is 12. The number of hydrogen-bond acceptors (Lipinski definition) is 4. The van der Waals surface area contributed by atoms with E-state index in [1.165, 1.54) is 0 Å². The molecular formula is C16H24F12N4. The minimum atomic E-state index is -4.93. The van der Waals surface area contributed by atoms with Crippen LogP contribution in [0.3, 0.4) is 0 Å². The van der Waals surface area contributed by atoms with Gasteiger partial charge in [-0.05, 0) is 51.9 Å². The lowest BCUT2D eigenvalue weighted by atomic mass is 10.1. The molecule has 4 N–H and O–H groups in total. The van der Waals surface area contributed by atoms with Crippen LogP contribution < -0.4 is 21.3 Å². The van der Waals surface area contributed by atoms with E-state index < -0.39 is 101 Å². The van der Waals surface area contributed by atoms with E-state index in [1.807, 2.05) is 21.3 Å². The van der Waals surface area contributed by atoms with Gasteiger partial charge in [0.25, 0.3) is 0 Å². The van der Waals surface area contributed by atoms with Gasteiger partial charge in [0, 0.05) is 0 Å². The van der Waals surface area contributed by atoms with Crippen molar-refractivity contribution in [3.8, 4) is 0 Å². The Morgan fingerprint density at radius 2 is 0.500 bits per heavy atom. The second-order valence-electron chi connectivity index (χ2n) is 7.35. The first kappa shape index (κ1) is 29.0. The van der Waals surface area contributed by atoms with Crippen molar-refractivity contribution < 1.29 is 52.7 Å². The van der Waals surface area contributed by atoms with Crippen molar-refractivity contribution in [2.75, 3.05) is 26.2 Å². The van der Waals surface area contributed by atoms with Crippen LogP contribution in [-0.4, -0.2) is 75.1 Å². The van der Waals surface area contributed by atoms with E-state index in [2.05, 4.69) is 0 Å². The molecule has 0 saturated carbocycles. The first-order valence-corrected chi connectivity index (χ1v) is 9.62. The number of rotatable bonds is 0. The maximum Gasteiger partial charge on any atom is 0.403 e. The van der Waals surface area contributed by atoms with Gasteiger partial charge in [-0.25, -0.2) is 0 Å². The zero-order chi connectivity index (χ0) is 24.8. The summed E-state index contributed by atoms with van der Waals surface area (Å²) >= 11 is 0. The van der Waals surface area contributed by atoms with Crippen LogP contribution in [0.15, 0.2) is 0 Å². The van der Waals surface area contributed by atoms with Gasteiger partial charge in [0.1, 0.15) is 24.2 Å². The highest BCUT2D eigenvalue weighted by Crippen LogP contribution is 2.27. The monoisotopic (exact) mass is 500 g/mol. The van der Waals surface area contributed by atoms with Crippen molar-refractivity contribution >= 4 is 0 Å². The van der Waals surface area contributed by atoms with Gasteiger partial charge < -0.3 is 21.3 Å². The summed E-state index contributed by atoms with van der Waals surface area (Å²) in [6.45, 7) is -3.26. The fraction of sp³-hybridized carbons (Fsp3) is 1.00. The predicted molar refractivity (Wildman–Crippen MR) is 89.9 cm³/mol. The number of nitrogens with one attached hydrogen (secondary N) is 4. The highest BCUT2D eigenvalue weighted by Gasteiger charge is 2.44. The molecule has 1 heterocycles. The van der Waals surface area contributed by atoms with E-state index in [4.69, 9.17) is 0 Å². The molecule has 4 atom stereocenters. The molecule has 0 amide bonds. The van der Waals surface area contributed by atoms with Crippen molar-refractivity contribution in [2.24, 2.45) is 0 Å². The molecular weight excluding hydrogens is 476 g/mol. The van der Waals surface area contributed by atoms with Crippen LogP contribution in [0.4, 0.5) is 52.7 Å². The molecule has 0 radical (unpaired) electrons. The Labute approximate surface area is 175 Å². The van der Waals surface area contributed by atoms with Crippen molar-refractivity contribution in [3.63, 3.8) is 0 Å². The van der Waals surface area contributed by atoms with E-state index in [0.717, 1.165) is 0 Å². The van der Waals surface area contributed by atoms with E-state index in [0.29, 0.717) is 0 Å². The second kappa shape index (κ2) is 11.4. The maximum atomic E-state index is 13.1. The molecule has 4 unspecified atom stereocenters. The van der Waals surface area contributed by atoms with E-state index in [-0.39, 0.29) is 0 Å². The Balaban J connectivity index is 3.01. The second-order valence-corrected chi connectivity index (χ2v) is 7.35. The average Bonchev–Trinajstić information content (AvgIpc) is 2.57. The van der Waals surface area contributed by atoms with Crippen molar-refractivity contribution in [3.05, 3.63) is 0 Å². The molecule has 1 aliphatic heterocycles. The lowest BCUT2D eigenvalue weighted by molar-refractivity contribution is -0.167. The molecule has 0 aromatic rings. The normalized spacial score (nSPS) is 29.6. The summed E-state index contributed by atoms with van der Waals surface area (Å²) in [4.78, 5) is 0. The fourth-order valence-electron chi connectivity index (χ4n) is 3.13. The molecule has 192 valence electrons. The van der Waals surface area contributed by atoms with E-state index >= 15 is 0 Å². The van der Waals surface area contributed by atoms with Gasteiger partial charge in [-0.3, -0.25) is 0 Å². The van der Waals surface area contributed by atoms with Gasteiger partial charge in [-0.1, -0.05) is 0 Å². The van der Waals surface area contributed by atoms with Crippen LogP contribution in [0, 0.1) is 0 Å². The van der Waals surface area contributed by atoms with E-state index in [9.17, 15) is 52.7 Å². The Bertz CT molecular complexity index is 431. The summed E-state index contributed by atoms with van der Waals surface area (Å²) in [5, 5.41) is 7.41. The van der Waals surface area contributed by atoms with Crippen LogP contribution in [0.5, 0.6) is 0 Å². The lowest BCUT2D eigenvalue weighted by Gasteiger charge is -2.29. The largest absolute Gasteiger partial charge is 0.403 e. The maximum absolute atomic E-state index is 13.1. The molecule has 0 bridgehead atoms. The smallest absolute Gasteiger partial charge is 0.306 e. The van der Waals surface area contributed by atoms with Gasteiger partial charge in [0.05, 0.1) is 0 Å². The summed E-state index contributed by atoms with van der Waals surface area (Å²) in [5.41, 5.74) is 0. The molecule has 1 fully saturated rings. The molecule has 1 rings (SSSR count). The molecule has 0 aromatic heterocycles. The quantitative estimate of drug-likeness (QED) is 0.384. The Morgan fingerprint density at radius 1 is 0.344 bits per heavy atom. The Hall–Kier alpha value is -1.00. The summed E-state index contributed by atoms with van der Waals surface area (Å²) in [6, 6.07) is -9.45. The average molecular weight is 500 g/mol. The molecule has 1 saturated heterocycles. The lowest BCUT2D eigenvalue weighted by Crippen LogP contribution is -2.52. The van der Waals surface area contributed by atoms with Crippen molar-refractivity contribution in [1.82, 2.24) is 21.3 Å². The molecule has 16 heteroatoms. The molecule has 0 aliphatic carbocycles. The van der Waals surface area contributed by atoms with Crippen molar-refractivity contribution in [1.29, 1.82) is 0 Å². The van der Waals surface area contributed by atoms with Gasteiger partial charge in [-0.2, -0.15) is 52.7 Å². The number of hydrogen-bond donors (Lipinski definition) is 4. The van der Waals surface area contributed by atoms with Gasteiger partial charge in [-0.15, -0.1) is 0 Å². The van der Waals surface area contributed by atoms with Crippen LogP contribution >= 0.6 is 0 Å². The van der Waals surface area contributed by atoms with Crippen LogP contribution in [-0.2, 0) is 0 Å². The third-order valence-corrected chi connectivity index (χ3v) is 4.88. The fourth-order valence-corrected chi connectivity index (χ4v) is 3.13. The topological polar surface area (TPSA) is 48.1 Å². The summed E-state index contributed by atoms with van der Waals surface area (Å²) in [6.07, 6.45) is -23.4. The molecule has 0 spiro atoms. The highest BCUT2D eigenvalue weighted by atomic mass is 19.4.